The van der Waals surface area contributed by atoms with Crippen LogP contribution in [0.4, 0.5) is 5.69 Å². The van der Waals surface area contributed by atoms with Crippen LogP contribution in [0.5, 0.6) is 0 Å². The van der Waals surface area contributed by atoms with Gasteiger partial charge >= 0.3 is 0 Å². The number of nitrogens with two attached hydrogens (primary N) is 1. The molecule has 0 bridgehead atoms. The maximum atomic E-state index is 12.0. The van der Waals surface area contributed by atoms with Crippen molar-refractivity contribution < 1.29 is 4.79 Å². The fourth-order valence-electron chi connectivity index (χ4n) is 1.86. The fourth-order valence-corrected chi connectivity index (χ4v) is 2.31. The van der Waals surface area contributed by atoms with Crippen LogP contribution in [0.2, 0.25) is 10.0 Å². The van der Waals surface area contributed by atoms with Gasteiger partial charge in [-0.3, -0.25) is 4.79 Å². The van der Waals surface area contributed by atoms with E-state index in [2.05, 4.69) is 5.32 Å². The van der Waals surface area contributed by atoms with Crippen molar-refractivity contribution in [1.82, 2.24) is 5.32 Å². The molecule has 1 amide bonds. The molecule has 20 heavy (non-hydrogen) atoms. The van der Waals surface area contributed by atoms with E-state index in [4.69, 9.17) is 28.9 Å². The predicted molar refractivity (Wildman–Crippen MR) is 83.4 cm³/mol. The summed E-state index contributed by atoms with van der Waals surface area (Å²) in [6.07, 6.45) is 0.711. The molecule has 0 radical (unpaired) electrons. The Morgan fingerprint density at radius 2 is 1.90 bits per heavy atom. The van der Waals surface area contributed by atoms with Gasteiger partial charge in [0.2, 0.25) is 0 Å². The van der Waals surface area contributed by atoms with Crippen molar-refractivity contribution in [2.75, 3.05) is 12.3 Å². The van der Waals surface area contributed by atoms with Crippen molar-refractivity contribution in [3.63, 3.8) is 0 Å². The number of amides is 1. The van der Waals surface area contributed by atoms with Crippen molar-refractivity contribution in [1.29, 1.82) is 0 Å². The lowest BCUT2D eigenvalue weighted by atomic mass is 10.1. The largest absolute Gasteiger partial charge is 0.399 e. The molecule has 0 unspecified atom stereocenters. The van der Waals surface area contributed by atoms with Gasteiger partial charge in [-0.25, -0.2) is 0 Å². The Morgan fingerprint density at radius 3 is 2.60 bits per heavy atom. The van der Waals surface area contributed by atoms with E-state index >= 15 is 0 Å². The van der Waals surface area contributed by atoms with Crippen molar-refractivity contribution in [2.45, 2.75) is 6.42 Å². The highest BCUT2D eigenvalue weighted by Gasteiger charge is 2.07. The van der Waals surface area contributed by atoms with Crippen LogP contribution in [0, 0.1) is 0 Å². The van der Waals surface area contributed by atoms with Gasteiger partial charge in [0.25, 0.3) is 5.91 Å². The molecule has 0 aliphatic rings. The van der Waals surface area contributed by atoms with Crippen LogP contribution in [0.15, 0.2) is 42.5 Å². The van der Waals surface area contributed by atoms with E-state index in [0.717, 1.165) is 5.56 Å². The van der Waals surface area contributed by atoms with Gasteiger partial charge in [-0.1, -0.05) is 35.3 Å². The molecule has 0 heterocycles. The number of carbonyl (C=O) groups is 1. The van der Waals surface area contributed by atoms with Crippen LogP contribution >= 0.6 is 23.2 Å². The summed E-state index contributed by atoms with van der Waals surface area (Å²) in [4.78, 5) is 12.0. The predicted octanol–water partition coefficient (Wildman–Crippen LogP) is 3.55. The SMILES string of the molecule is Nc1cc(Cl)cc(C(=O)NCCc2cccc(Cl)c2)c1. The Morgan fingerprint density at radius 1 is 1.10 bits per heavy atom. The lowest BCUT2D eigenvalue weighted by Gasteiger charge is -2.07. The average Bonchev–Trinajstić information content (AvgIpc) is 2.37. The normalized spacial score (nSPS) is 10.3. The molecule has 0 fully saturated rings. The van der Waals surface area contributed by atoms with Gasteiger partial charge in [0.15, 0.2) is 0 Å². The Kier molecular flexibility index (Phi) is 4.88. The number of nitrogen functional groups attached to an aromatic ring is 1. The summed E-state index contributed by atoms with van der Waals surface area (Å²) >= 11 is 11.8. The molecule has 0 saturated heterocycles. The Labute approximate surface area is 127 Å². The first-order chi connectivity index (χ1) is 9.54. The Balaban J connectivity index is 1.92. The van der Waals surface area contributed by atoms with E-state index in [0.29, 0.717) is 34.3 Å². The molecule has 2 aromatic carbocycles. The first kappa shape index (κ1) is 14.7. The molecule has 3 N–H and O–H groups in total. The van der Waals surface area contributed by atoms with Crippen molar-refractivity contribution in [3.05, 3.63) is 63.6 Å². The third kappa shape index (κ3) is 4.15. The van der Waals surface area contributed by atoms with E-state index < -0.39 is 0 Å². The summed E-state index contributed by atoms with van der Waals surface area (Å²) < 4.78 is 0. The van der Waals surface area contributed by atoms with Crippen LogP contribution in [-0.2, 0) is 6.42 Å². The van der Waals surface area contributed by atoms with E-state index in [-0.39, 0.29) is 5.91 Å². The van der Waals surface area contributed by atoms with Gasteiger partial charge < -0.3 is 11.1 Å². The van der Waals surface area contributed by atoms with Crippen molar-refractivity contribution >= 4 is 34.8 Å². The van der Waals surface area contributed by atoms with E-state index in [1.807, 2.05) is 24.3 Å². The first-order valence-electron chi connectivity index (χ1n) is 6.13. The molecular weight excluding hydrogens is 295 g/mol. The van der Waals surface area contributed by atoms with Crippen molar-refractivity contribution in [2.24, 2.45) is 0 Å². The molecule has 3 nitrogen and oxygen atoms in total. The van der Waals surface area contributed by atoms with Crippen LogP contribution in [0.1, 0.15) is 15.9 Å². The molecule has 0 aliphatic heterocycles. The molecule has 2 aromatic rings. The minimum atomic E-state index is -0.193. The number of nitrogens with one attached hydrogen (secondary N) is 1. The summed E-state index contributed by atoms with van der Waals surface area (Å²) in [5, 5.41) is 3.97. The highest BCUT2D eigenvalue weighted by atomic mass is 35.5. The van der Waals surface area contributed by atoms with E-state index in [9.17, 15) is 4.79 Å². The topological polar surface area (TPSA) is 55.1 Å². The number of carbonyl (C=O) groups excluding carboxylic acids is 1. The zero-order valence-electron chi connectivity index (χ0n) is 10.7. The minimum Gasteiger partial charge on any atom is -0.399 e. The lowest BCUT2D eigenvalue weighted by Crippen LogP contribution is -2.25. The van der Waals surface area contributed by atoms with Crippen LogP contribution in [-0.4, -0.2) is 12.5 Å². The van der Waals surface area contributed by atoms with Gasteiger partial charge in [0, 0.05) is 27.8 Å². The number of anilines is 1. The van der Waals surface area contributed by atoms with Crippen molar-refractivity contribution in [3.8, 4) is 0 Å². The number of hydrogen-bond acceptors (Lipinski definition) is 2. The molecule has 0 aliphatic carbocycles. The number of rotatable bonds is 4. The van der Waals surface area contributed by atoms with Crippen LogP contribution < -0.4 is 11.1 Å². The number of halogens is 2. The zero-order chi connectivity index (χ0) is 14.5. The second-order valence-corrected chi connectivity index (χ2v) is 5.28. The smallest absolute Gasteiger partial charge is 0.251 e. The third-order valence-electron chi connectivity index (χ3n) is 2.77. The minimum absolute atomic E-state index is 0.193. The summed E-state index contributed by atoms with van der Waals surface area (Å²) in [6.45, 7) is 0.519. The van der Waals surface area contributed by atoms with E-state index in [1.165, 1.54) is 0 Å². The third-order valence-corrected chi connectivity index (χ3v) is 3.22. The lowest BCUT2D eigenvalue weighted by molar-refractivity contribution is 0.0954. The monoisotopic (exact) mass is 308 g/mol. The van der Waals surface area contributed by atoms with Gasteiger partial charge in [0.05, 0.1) is 0 Å². The van der Waals surface area contributed by atoms with Crippen LogP contribution in [0.3, 0.4) is 0 Å². The highest BCUT2D eigenvalue weighted by Crippen LogP contribution is 2.16. The van der Waals surface area contributed by atoms with Gasteiger partial charge in [0.1, 0.15) is 0 Å². The molecule has 2 rings (SSSR count). The molecule has 0 spiro atoms. The Hall–Kier alpha value is -1.71. The fraction of sp³-hybridized carbons (Fsp3) is 0.133. The van der Waals surface area contributed by atoms with Gasteiger partial charge in [-0.05, 0) is 42.3 Å². The second kappa shape index (κ2) is 6.64. The van der Waals surface area contributed by atoms with Crippen LogP contribution in [0.25, 0.3) is 0 Å². The Bertz CT molecular complexity index is 609. The van der Waals surface area contributed by atoms with Gasteiger partial charge in [-0.15, -0.1) is 0 Å². The zero-order valence-corrected chi connectivity index (χ0v) is 12.2. The second-order valence-electron chi connectivity index (χ2n) is 4.41. The standard InChI is InChI=1S/C15H14Cl2N2O/c16-12-3-1-2-10(6-12)4-5-19-15(20)11-7-13(17)9-14(18)8-11/h1-3,6-9H,4-5,18H2,(H,19,20). The molecule has 0 aromatic heterocycles. The first-order valence-corrected chi connectivity index (χ1v) is 6.89. The maximum Gasteiger partial charge on any atom is 0.251 e. The maximum absolute atomic E-state index is 12.0. The summed E-state index contributed by atoms with van der Waals surface area (Å²) in [5.41, 5.74) is 7.66. The quantitative estimate of drug-likeness (QED) is 0.849. The highest BCUT2D eigenvalue weighted by molar-refractivity contribution is 6.31. The summed E-state index contributed by atoms with van der Waals surface area (Å²) in [7, 11) is 0. The van der Waals surface area contributed by atoms with Gasteiger partial charge in [-0.2, -0.15) is 0 Å². The molecule has 5 heteroatoms. The number of hydrogen-bond donors (Lipinski definition) is 2. The number of benzene rings is 2. The summed E-state index contributed by atoms with van der Waals surface area (Å²) in [6, 6.07) is 12.3. The average molecular weight is 309 g/mol. The molecule has 0 atom stereocenters. The summed E-state index contributed by atoms with van der Waals surface area (Å²) in [5.74, 6) is -0.193. The van der Waals surface area contributed by atoms with E-state index in [1.54, 1.807) is 18.2 Å². The molecular formula is C15H14Cl2N2O. The molecule has 0 saturated carbocycles. The molecule has 104 valence electrons.